The highest BCUT2D eigenvalue weighted by Gasteiger charge is 2.22. The van der Waals surface area contributed by atoms with E-state index in [0.29, 0.717) is 6.42 Å². The Bertz CT molecular complexity index is 784. The van der Waals surface area contributed by atoms with Crippen LogP contribution in [-0.2, 0) is 11.2 Å². The van der Waals surface area contributed by atoms with Gasteiger partial charge in [-0.25, -0.2) is 0 Å². The van der Waals surface area contributed by atoms with E-state index in [9.17, 15) is 9.90 Å². The Morgan fingerprint density at radius 3 is 1.92 bits per heavy atom. The van der Waals surface area contributed by atoms with Crippen LogP contribution >= 0.6 is 0 Å². The summed E-state index contributed by atoms with van der Waals surface area (Å²) in [5, 5.41) is 9.66. The van der Waals surface area contributed by atoms with Crippen molar-refractivity contribution in [2.45, 2.75) is 19.3 Å². The van der Waals surface area contributed by atoms with Crippen LogP contribution in [0.15, 0.2) is 78.9 Å². The average molecular weight is 316 g/mol. The van der Waals surface area contributed by atoms with Crippen molar-refractivity contribution in [1.29, 1.82) is 0 Å². The van der Waals surface area contributed by atoms with Gasteiger partial charge in [-0.15, -0.1) is 0 Å². The van der Waals surface area contributed by atoms with Crippen molar-refractivity contribution in [3.63, 3.8) is 0 Å². The van der Waals surface area contributed by atoms with Crippen LogP contribution in [0.3, 0.4) is 0 Å². The molecule has 24 heavy (non-hydrogen) atoms. The van der Waals surface area contributed by atoms with Crippen molar-refractivity contribution in [1.82, 2.24) is 0 Å². The summed E-state index contributed by atoms with van der Waals surface area (Å²) in [5.74, 6) is 0.132. The number of ketones is 1. The summed E-state index contributed by atoms with van der Waals surface area (Å²) >= 11 is 0. The Morgan fingerprint density at radius 1 is 0.875 bits per heavy atom. The Balaban J connectivity index is 1.93. The Labute approximate surface area is 142 Å². The van der Waals surface area contributed by atoms with Gasteiger partial charge in [-0.3, -0.25) is 4.79 Å². The molecule has 0 heterocycles. The van der Waals surface area contributed by atoms with Crippen LogP contribution in [0.5, 0.6) is 5.75 Å². The van der Waals surface area contributed by atoms with Gasteiger partial charge < -0.3 is 5.11 Å². The number of carbonyl (C=O) groups excluding carboxylic acids is 1. The Morgan fingerprint density at radius 2 is 1.42 bits per heavy atom. The second kappa shape index (κ2) is 7.14. The van der Waals surface area contributed by atoms with Crippen molar-refractivity contribution >= 4 is 5.78 Å². The highest BCUT2D eigenvalue weighted by atomic mass is 16.3. The van der Waals surface area contributed by atoms with Crippen LogP contribution in [0.4, 0.5) is 0 Å². The lowest BCUT2D eigenvalue weighted by Crippen LogP contribution is -2.16. The van der Waals surface area contributed by atoms with Crippen LogP contribution in [0.2, 0.25) is 0 Å². The molecule has 0 atom stereocenters. The van der Waals surface area contributed by atoms with Gasteiger partial charge in [0.2, 0.25) is 0 Å². The average Bonchev–Trinajstić information content (AvgIpc) is 2.60. The first kappa shape index (κ1) is 16.0. The van der Waals surface area contributed by atoms with Gasteiger partial charge in [0.15, 0.2) is 0 Å². The molecule has 0 aliphatic rings. The second-order valence-corrected chi connectivity index (χ2v) is 6.02. The Kier molecular flexibility index (Phi) is 4.76. The van der Waals surface area contributed by atoms with Crippen molar-refractivity contribution in [3.05, 3.63) is 101 Å². The maximum absolute atomic E-state index is 13.0. The maximum atomic E-state index is 13.0. The van der Waals surface area contributed by atoms with E-state index in [1.807, 2.05) is 79.7 Å². The molecule has 0 bridgehead atoms. The lowest BCUT2D eigenvalue weighted by molar-refractivity contribution is -0.119. The number of phenolic OH excluding ortho intramolecular Hbond substituents is 1. The number of hydrogen-bond acceptors (Lipinski definition) is 2. The third-order valence-corrected chi connectivity index (χ3v) is 4.23. The SMILES string of the molecule is Cc1cc(CC(=O)C(c2ccccc2)c2ccccc2)ccc1O. The van der Waals surface area contributed by atoms with E-state index >= 15 is 0 Å². The predicted molar refractivity (Wildman–Crippen MR) is 96.3 cm³/mol. The first-order valence-corrected chi connectivity index (χ1v) is 8.06. The first-order chi connectivity index (χ1) is 11.6. The van der Waals surface area contributed by atoms with E-state index < -0.39 is 0 Å². The fourth-order valence-corrected chi connectivity index (χ4v) is 2.99. The van der Waals surface area contributed by atoms with Gasteiger partial charge in [-0.05, 0) is 35.2 Å². The summed E-state index contributed by atoms with van der Waals surface area (Å²) in [6.07, 6.45) is 0.343. The normalized spacial score (nSPS) is 10.8. The van der Waals surface area contributed by atoms with Crippen LogP contribution in [0.1, 0.15) is 28.2 Å². The summed E-state index contributed by atoms with van der Waals surface area (Å²) < 4.78 is 0. The van der Waals surface area contributed by atoms with Gasteiger partial charge in [0.05, 0.1) is 5.92 Å². The molecular formula is C22H20O2. The van der Waals surface area contributed by atoms with Gasteiger partial charge in [0.25, 0.3) is 0 Å². The standard InChI is InChI=1S/C22H20O2/c1-16-14-17(12-13-20(16)23)15-21(24)22(18-8-4-2-5-9-18)19-10-6-3-7-11-19/h2-14,22-23H,15H2,1H3. The highest BCUT2D eigenvalue weighted by Crippen LogP contribution is 2.27. The molecule has 0 aliphatic carbocycles. The molecule has 0 fully saturated rings. The zero-order valence-electron chi connectivity index (χ0n) is 13.6. The number of benzene rings is 3. The monoisotopic (exact) mass is 316 g/mol. The minimum atomic E-state index is -0.276. The number of aromatic hydroxyl groups is 1. The fourth-order valence-electron chi connectivity index (χ4n) is 2.99. The number of hydrogen-bond donors (Lipinski definition) is 1. The Hall–Kier alpha value is -2.87. The molecular weight excluding hydrogens is 296 g/mol. The summed E-state index contributed by atoms with van der Waals surface area (Å²) in [4.78, 5) is 13.0. The lowest BCUT2D eigenvalue weighted by Gasteiger charge is -2.17. The first-order valence-electron chi connectivity index (χ1n) is 8.06. The largest absolute Gasteiger partial charge is 0.508 e. The highest BCUT2D eigenvalue weighted by molar-refractivity contribution is 5.90. The quantitative estimate of drug-likeness (QED) is 0.744. The molecule has 0 radical (unpaired) electrons. The van der Waals surface area contributed by atoms with E-state index in [1.165, 1.54) is 0 Å². The number of aryl methyl sites for hydroxylation is 1. The third kappa shape index (κ3) is 3.54. The topological polar surface area (TPSA) is 37.3 Å². The molecule has 0 saturated carbocycles. The molecule has 120 valence electrons. The summed E-state index contributed by atoms with van der Waals surface area (Å²) in [6.45, 7) is 1.84. The molecule has 0 unspecified atom stereocenters. The molecule has 0 spiro atoms. The minimum absolute atomic E-state index is 0.150. The van der Waals surface area contributed by atoms with Crippen molar-refractivity contribution in [3.8, 4) is 5.75 Å². The number of phenols is 1. The van der Waals surface area contributed by atoms with Crippen LogP contribution in [-0.4, -0.2) is 10.9 Å². The summed E-state index contributed by atoms with van der Waals surface area (Å²) in [6, 6.07) is 25.1. The van der Waals surface area contributed by atoms with E-state index in [-0.39, 0.29) is 17.5 Å². The lowest BCUT2D eigenvalue weighted by atomic mass is 9.85. The fraction of sp³-hybridized carbons (Fsp3) is 0.136. The van der Waals surface area contributed by atoms with Crippen molar-refractivity contribution in [2.75, 3.05) is 0 Å². The van der Waals surface area contributed by atoms with E-state index in [2.05, 4.69) is 0 Å². The van der Waals surface area contributed by atoms with E-state index in [0.717, 1.165) is 22.3 Å². The molecule has 2 heteroatoms. The molecule has 0 amide bonds. The summed E-state index contributed by atoms with van der Waals surface area (Å²) in [7, 11) is 0. The van der Waals surface area contributed by atoms with E-state index in [4.69, 9.17) is 0 Å². The number of Topliss-reactive ketones (excluding diaryl/α,β-unsaturated/α-hetero) is 1. The third-order valence-electron chi connectivity index (χ3n) is 4.23. The zero-order valence-corrected chi connectivity index (χ0v) is 13.6. The van der Waals surface area contributed by atoms with Gasteiger partial charge >= 0.3 is 0 Å². The molecule has 3 aromatic rings. The molecule has 0 aromatic heterocycles. The number of rotatable bonds is 5. The van der Waals surface area contributed by atoms with Gasteiger partial charge in [-0.2, -0.15) is 0 Å². The smallest absolute Gasteiger partial charge is 0.149 e. The molecule has 3 rings (SSSR count). The van der Waals surface area contributed by atoms with E-state index in [1.54, 1.807) is 6.07 Å². The number of carbonyl (C=O) groups is 1. The van der Waals surface area contributed by atoms with Crippen LogP contribution in [0, 0.1) is 6.92 Å². The molecule has 0 saturated heterocycles. The predicted octanol–water partition coefficient (Wildman–Crippen LogP) is 4.64. The van der Waals surface area contributed by atoms with Gasteiger partial charge in [-0.1, -0.05) is 72.8 Å². The van der Waals surface area contributed by atoms with Crippen LogP contribution < -0.4 is 0 Å². The molecule has 0 aliphatic heterocycles. The van der Waals surface area contributed by atoms with Crippen molar-refractivity contribution < 1.29 is 9.90 Å². The van der Waals surface area contributed by atoms with Crippen LogP contribution in [0.25, 0.3) is 0 Å². The van der Waals surface area contributed by atoms with Gasteiger partial charge in [0, 0.05) is 6.42 Å². The maximum Gasteiger partial charge on any atom is 0.149 e. The van der Waals surface area contributed by atoms with Gasteiger partial charge in [0.1, 0.15) is 11.5 Å². The molecule has 2 nitrogen and oxygen atoms in total. The molecule has 1 N–H and O–H groups in total. The second-order valence-electron chi connectivity index (χ2n) is 6.02. The summed E-state index contributed by atoms with van der Waals surface area (Å²) in [5.41, 5.74) is 3.72. The minimum Gasteiger partial charge on any atom is -0.508 e. The van der Waals surface area contributed by atoms with Crippen molar-refractivity contribution in [2.24, 2.45) is 0 Å². The zero-order chi connectivity index (χ0) is 16.9. The molecule has 3 aromatic carbocycles.